The Morgan fingerprint density at radius 2 is 1.52 bits per heavy atom. The number of hydrogen-bond acceptors (Lipinski definition) is 4. The van der Waals surface area contributed by atoms with Crippen LogP contribution < -0.4 is 5.32 Å². The van der Waals surface area contributed by atoms with Crippen LogP contribution in [-0.4, -0.2) is 49.4 Å². The van der Waals surface area contributed by atoms with Crippen LogP contribution in [-0.2, 0) is 17.8 Å². The summed E-state index contributed by atoms with van der Waals surface area (Å²) in [5.41, 5.74) is 3.70. The molecule has 0 saturated carbocycles. The Labute approximate surface area is 256 Å². The molecule has 0 bridgehead atoms. The first-order valence-corrected chi connectivity index (χ1v) is 15.6. The number of carbonyl (C=O) groups is 1. The van der Waals surface area contributed by atoms with Crippen molar-refractivity contribution in [3.05, 3.63) is 114 Å². The molecule has 5 nitrogen and oxygen atoms in total. The highest BCUT2D eigenvalue weighted by atomic mass is 16.6. The van der Waals surface area contributed by atoms with Gasteiger partial charge in [-0.25, -0.2) is 4.79 Å². The minimum absolute atomic E-state index is 0. The van der Waals surface area contributed by atoms with Crippen LogP contribution in [0.25, 0.3) is 6.08 Å². The summed E-state index contributed by atoms with van der Waals surface area (Å²) in [6.07, 6.45) is 11.6. The van der Waals surface area contributed by atoms with Crippen LogP contribution in [0.5, 0.6) is 0 Å². The Kier molecular flexibility index (Phi) is 18.4. The molecule has 2 fully saturated rings. The SMILES string of the molecule is CC.CO.O=C(OCc1ccccc1)N1CCCC(C=Cc2ccccc2)C1.[HH].c1ccc(CCC2CCCNC2)cc1. The fraction of sp³-hybridized carbons (Fsp3) is 0.432. The highest BCUT2D eigenvalue weighted by Gasteiger charge is 2.23. The smallest absolute Gasteiger partial charge is 0.410 e. The molecule has 0 spiro atoms. The summed E-state index contributed by atoms with van der Waals surface area (Å²) in [6, 6.07) is 30.9. The van der Waals surface area contributed by atoms with Crippen molar-refractivity contribution < 1.29 is 16.1 Å². The van der Waals surface area contributed by atoms with Gasteiger partial charge in [0.2, 0.25) is 0 Å². The molecule has 3 aromatic carbocycles. The van der Waals surface area contributed by atoms with Crippen LogP contribution in [0.1, 0.15) is 64.1 Å². The lowest BCUT2D eigenvalue weighted by Crippen LogP contribution is -2.39. The molecule has 2 saturated heterocycles. The number of amides is 1. The predicted molar refractivity (Wildman–Crippen MR) is 178 cm³/mol. The van der Waals surface area contributed by atoms with E-state index in [0.717, 1.165) is 44.5 Å². The van der Waals surface area contributed by atoms with Gasteiger partial charge in [0.25, 0.3) is 0 Å². The molecule has 0 radical (unpaired) electrons. The molecule has 2 aliphatic heterocycles. The minimum Gasteiger partial charge on any atom is -0.445 e. The number of carbonyl (C=O) groups excluding carboxylic acids is 1. The van der Waals surface area contributed by atoms with Crippen molar-refractivity contribution in [2.45, 2.75) is 59.0 Å². The van der Waals surface area contributed by atoms with E-state index in [9.17, 15) is 4.79 Å². The largest absolute Gasteiger partial charge is 0.445 e. The van der Waals surface area contributed by atoms with Crippen molar-refractivity contribution in [1.29, 1.82) is 0 Å². The van der Waals surface area contributed by atoms with Crippen LogP contribution in [0.3, 0.4) is 0 Å². The van der Waals surface area contributed by atoms with Crippen molar-refractivity contribution in [2.24, 2.45) is 11.8 Å². The second-order valence-electron chi connectivity index (χ2n) is 10.4. The predicted octanol–water partition coefficient (Wildman–Crippen LogP) is 8.25. The van der Waals surface area contributed by atoms with Gasteiger partial charge in [0.1, 0.15) is 6.61 Å². The molecule has 42 heavy (non-hydrogen) atoms. The summed E-state index contributed by atoms with van der Waals surface area (Å²) in [5.74, 6) is 1.30. The van der Waals surface area contributed by atoms with Crippen molar-refractivity contribution in [1.82, 2.24) is 10.2 Å². The number of benzene rings is 3. The van der Waals surface area contributed by atoms with E-state index in [0.29, 0.717) is 12.5 Å². The third-order valence-electron chi connectivity index (χ3n) is 7.36. The number of piperidine rings is 2. The molecule has 2 heterocycles. The molecular formula is C37H54N2O3. The quantitative estimate of drug-likeness (QED) is 0.298. The van der Waals surface area contributed by atoms with E-state index < -0.39 is 0 Å². The molecule has 1 amide bonds. The summed E-state index contributed by atoms with van der Waals surface area (Å²) in [5, 5.41) is 10.5. The minimum atomic E-state index is -0.211. The molecule has 5 rings (SSSR count). The van der Waals surface area contributed by atoms with Gasteiger partial charge in [-0.05, 0) is 80.1 Å². The fourth-order valence-corrected chi connectivity index (χ4v) is 5.14. The molecule has 2 N–H and O–H groups in total. The van der Waals surface area contributed by atoms with E-state index in [1.165, 1.54) is 49.9 Å². The van der Waals surface area contributed by atoms with Gasteiger partial charge in [0.15, 0.2) is 0 Å². The Morgan fingerprint density at radius 1 is 0.905 bits per heavy atom. The number of aliphatic hydroxyl groups excluding tert-OH is 1. The monoisotopic (exact) mass is 574 g/mol. The maximum atomic E-state index is 12.3. The van der Waals surface area contributed by atoms with Gasteiger partial charge < -0.3 is 20.1 Å². The second kappa shape index (κ2) is 22.2. The zero-order valence-corrected chi connectivity index (χ0v) is 26.0. The third kappa shape index (κ3) is 14.0. The van der Waals surface area contributed by atoms with Crippen LogP contribution in [0, 0.1) is 11.8 Å². The molecule has 3 aromatic rings. The van der Waals surface area contributed by atoms with E-state index in [1.807, 2.05) is 67.3 Å². The highest BCUT2D eigenvalue weighted by Crippen LogP contribution is 2.20. The molecule has 5 heteroatoms. The van der Waals surface area contributed by atoms with Gasteiger partial charge in [0, 0.05) is 21.6 Å². The first-order chi connectivity index (χ1) is 20.8. The first-order valence-electron chi connectivity index (χ1n) is 15.6. The summed E-state index contributed by atoms with van der Waals surface area (Å²) in [7, 11) is 1.00. The van der Waals surface area contributed by atoms with Crippen LogP contribution in [0.2, 0.25) is 0 Å². The molecule has 0 aromatic heterocycles. The zero-order valence-electron chi connectivity index (χ0n) is 26.0. The molecule has 2 aliphatic rings. The molecule has 230 valence electrons. The summed E-state index contributed by atoms with van der Waals surface area (Å²) < 4.78 is 5.44. The van der Waals surface area contributed by atoms with Crippen molar-refractivity contribution in [3.63, 3.8) is 0 Å². The summed E-state index contributed by atoms with van der Waals surface area (Å²) in [4.78, 5) is 14.1. The zero-order chi connectivity index (χ0) is 30.3. The van der Waals surface area contributed by atoms with Crippen LogP contribution in [0.4, 0.5) is 4.79 Å². The van der Waals surface area contributed by atoms with Crippen molar-refractivity contribution in [3.8, 4) is 0 Å². The van der Waals surface area contributed by atoms with Gasteiger partial charge >= 0.3 is 6.09 Å². The maximum absolute atomic E-state index is 12.3. The Morgan fingerprint density at radius 3 is 2.14 bits per heavy atom. The lowest BCUT2D eigenvalue weighted by atomic mass is 9.93. The molecule has 2 unspecified atom stereocenters. The van der Waals surface area contributed by atoms with E-state index in [-0.39, 0.29) is 7.52 Å². The third-order valence-corrected chi connectivity index (χ3v) is 7.36. The number of nitrogens with zero attached hydrogens (tertiary/aromatic N) is 1. The standard InChI is InChI=1S/C21H23NO2.C13H19N.C2H6.CH4O.H2/c23-21(24-17-20-10-5-2-6-11-20)22-15-7-12-19(16-22)14-13-18-8-3-1-4-9-18;1-2-5-12(6-3-1)8-9-13-7-4-10-14-11-13;2*1-2;/h1-6,8-11,13-14,19H,7,12,15-17H2;1-3,5-6,13-14H,4,7-11H2;1-2H3;2H,1H3;1H. The number of ether oxygens (including phenoxy) is 1. The average Bonchev–Trinajstić information content (AvgIpc) is 3.09. The first kappa shape index (κ1) is 34.8. The van der Waals surface area contributed by atoms with Crippen molar-refractivity contribution in [2.75, 3.05) is 33.3 Å². The number of hydrogen-bond donors (Lipinski definition) is 2. The van der Waals surface area contributed by atoms with E-state index in [4.69, 9.17) is 9.84 Å². The van der Waals surface area contributed by atoms with E-state index in [2.05, 4.69) is 59.9 Å². The number of rotatable bonds is 7. The van der Waals surface area contributed by atoms with Gasteiger partial charge in [-0.15, -0.1) is 0 Å². The van der Waals surface area contributed by atoms with Gasteiger partial charge in [-0.3, -0.25) is 0 Å². The number of aliphatic hydroxyl groups is 1. The Bertz CT molecular complexity index is 1090. The number of nitrogens with one attached hydrogen (secondary N) is 1. The number of aryl methyl sites for hydroxylation is 1. The Balaban J connectivity index is 0.000000416. The average molecular weight is 575 g/mol. The second-order valence-corrected chi connectivity index (χ2v) is 10.4. The fourth-order valence-electron chi connectivity index (χ4n) is 5.14. The van der Waals surface area contributed by atoms with Gasteiger partial charge in [0.05, 0.1) is 0 Å². The normalized spacial score (nSPS) is 17.9. The van der Waals surface area contributed by atoms with Crippen LogP contribution in [0.15, 0.2) is 97.1 Å². The van der Waals surface area contributed by atoms with E-state index in [1.54, 1.807) is 0 Å². The van der Waals surface area contributed by atoms with E-state index >= 15 is 0 Å². The maximum Gasteiger partial charge on any atom is 0.410 e. The topological polar surface area (TPSA) is 61.8 Å². The molecule has 0 aliphatic carbocycles. The lowest BCUT2D eigenvalue weighted by Gasteiger charge is -2.30. The molecule has 2 atom stereocenters. The Hall–Kier alpha value is -3.41. The summed E-state index contributed by atoms with van der Waals surface area (Å²) >= 11 is 0. The van der Waals surface area contributed by atoms with Gasteiger partial charge in [-0.1, -0.05) is 117 Å². The highest BCUT2D eigenvalue weighted by molar-refractivity contribution is 5.67. The number of likely N-dealkylation sites (tertiary alicyclic amines) is 1. The summed E-state index contributed by atoms with van der Waals surface area (Å²) in [6.45, 7) is 8.30. The van der Waals surface area contributed by atoms with Crippen LogP contribution >= 0.6 is 0 Å². The van der Waals surface area contributed by atoms with Crippen molar-refractivity contribution >= 4 is 12.2 Å². The molecular weight excluding hydrogens is 520 g/mol. The van der Waals surface area contributed by atoms with Gasteiger partial charge in [-0.2, -0.15) is 0 Å². The lowest BCUT2D eigenvalue weighted by molar-refractivity contribution is 0.0836.